The summed E-state index contributed by atoms with van der Waals surface area (Å²) in [5, 5.41) is 21.4. The maximum atomic E-state index is 14.7. The van der Waals surface area contributed by atoms with Gasteiger partial charge in [0.1, 0.15) is 11.4 Å². The highest BCUT2D eigenvalue weighted by Crippen LogP contribution is 2.47. The van der Waals surface area contributed by atoms with Crippen molar-refractivity contribution in [1.82, 2.24) is 15.2 Å². The molecule has 0 spiro atoms. The van der Waals surface area contributed by atoms with E-state index in [0.717, 1.165) is 0 Å². The van der Waals surface area contributed by atoms with Crippen molar-refractivity contribution in [3.05, 3.63) is 75.7 Å². The highest BCUT2D eigenvalue weighted by Gasteiger charge is 2.61. The van der Waals surface area contributed by atoms with E-state index in [1.165, 1.54) is 12.2 Å². The van der Waals surface area contributed by atoms with Crippen molar-refractivity contribution >= 4 is 11.5 Å². The Bertz CT molecular complexity index is 1400. The summed E-state index contributed by atoms with van der Waals surface area (Å²) >= 11 is 0. The van der Waals surface area contributed by atoms with Crippen LogP contribution in [0.5, 0.6) is 0 Å². The van der Waals surface area contributed by atoms with Crippen LogP contribution >= 0.6 is 0 Å². The molecule has 9 nitrogen and oxygen atoms in total. The van der Waals surface area contributed by atoms with Gasteiger partial charge in [-0.1, -0.05) is 42.5 Å². The minimum Gasteiger partial charge on any atom is -0.415 e. The molecule has 214 valence electrons. The van der Waals surface area contributed by atoms with Crippen LogP contribution in [0.3, 0.4) is 0 Å². The molecular weight excluding hydrogens is 548 g/mol. The smallest absolute Gasteiger partial charge is 0.415 e. The number of hydrogen-bond acceptors (Lipinski definition) is 8. The number of ether oxygens (including phenoxy) is 1. The first-order chi connectivity index (χ1) is 18.6. The van der Waals surface area contributed by atoms with Crippen LogP contribution in [0.4, 0.5) is 37.8 Å². The molecule has 0 radical (unpaired) electrons. The number of hydrogen-bond donors (Lipinski definition) is 1. The quantitative estimate of drug-likeness (QED) is 0.155. The highest BCUT2D eigenvalue weighted by molar-refractivity contribution is 5.68. The van der Waals surface area contributed by atoms with Crippen molar-refractivity contribution in [1.29, 1.82) is 0 Å². The summed E-state index contributed by atoms with van der Waals surface area (Å²) in [6.07, 6.45) is -7.94. The van der Waals surface area contributed by atoms with Crippen LogP contribution in [-0.4, -0.2) is 31.8 Å². The average molecular weight is 571 g/mol. The van der Waals surface area contributed by atoms with E-state index in [4.69, 9.17) is 9.15 Å². The minimum atomic E-state index is -5.11. The lowest BCUT2D eigenvalue weighted by Crippen LogP contribution is -2.45. The van der Waals surface area contributed by atoms with Gasteiger partial charge in [0.05, 0.1) is 11.5 Å². The van der Waals surface area contributed by atoms with Crippen molar-refractivity contribution in [3.63, 3.8) is 0 Å². The molecule has 0 saturated carbocycles. The molecule has 0 saturated heterocycles. The third kappa shape index (κ3) is 5.93. The van der Waals surface area contributed by atoms with Crippen LogP contribution in [0.25, 0.3) is 11.6 Å². The number of alkyl halides is 6. The van der Waals surface area contributed by atoms with Crippen LogP contribution in [-0.2, 0) is 23.1 Å². The number of nitrogens with zero attached hydrogens (tertiary/aromatic N) is 4. The van der Waals surface area contributed by atoms with Crippen molar-refractivity contribution < 1.29 is 40.4 Å². The van der Waals surface area contributed by atoms with Gasteiger partial charge < -0.3 is 14.5 Å². The fraction of sp³-hybridized carbons (Fsp3) is 0.400. The third-order valence-electron chi connectivity index (χ3n) is 6.23. The van der Waals surface area contributed by atoms with Gasteiger partial charge in [-0.25, -0.2) is 4.98 Å². The number of halogens is 6. The highest BCUT2D eigenvalue weighted by atomic mass is 19.4. The first-order valence-corrected chi connectivity index (χ1v) is 11.9. The molecule has 0 fully saturated rings. The third-order valence-corrected chi connectivity index (χ3v) is 6.23. The number of nitrogens with one attached hydrogen (secondary N) is 1. The van der Waals surface area contributed by atoms with Crippen LogP contribution in [0, 0.1) is 10.1 Å². The second kappa shape index (κ2) is 10.5. The normalized spacial score (nSPS) is 20.3. The van der Waals surface area contributed by atoms with Gasteiger partial charge in [-0.05, 0) is 32.3 Å². The molecule has 1 aliphatic rings. The second-order valence-corrected chi connectivity index (χ2v) is 9.74. The average Bonchev–Trinajstić information content (AvgIpc) is 3.34. The second-order valence-electron chi connectivity index (χ2n) is 9.74. The summed E-state index contributed by atoms with van der Waals surface area (Å²) in [7, 11) is 0. The maximum Gasteiger partial charge on any atom is 0.426 e. The summed E-state index contributed by atoms with van der Waals surface area (Å²) in [5.74, 6) is -2.74. The zero-order valence-corrected chi connectivity index (χ0v) is 21.1. The monoisotopic (exact) mass is 571 g/mol. The predicted molar refractivity (Wildman–Crippen MR) is 129 cm³/mol. The molecule has 0 unspecified atom stereocenters. The molecule has 3 heterocycles. The van der Waals surface area contributed by atoms with E-state index >= 15 is 0 Å². The van der Waals surface area contributed by atoms with Crippen molar-refractivity contribution in [2.75, 3.05) is 5.32 Å². The fourth-order valence-electron chi connectivity index (χ4n) is 4.09. The fourth-order valence-corrected chi connectivity index (χ4v) is 4.09. The molecule has 3 aromatic rings. The van der Waals surface area contributed by atoms with Gasteiger partial charge in [0.25, 0.3) is 11.8 Å². The zero-order valence-electron chi connectivity index (χ0n) is 21.1. The molecule has 0 amide bonds. The Labute approximate surface area is 223 Å². The minimum absolute atomic E-state index is 0.170. The van der Waals surface area contributed by atoms with E-state index in [9.17, 15) is 36.5 Å². The van der Waals surface area contributed by atoms with Gasteiger partial charge in [0.15, 0.2) is 0 Å². The van der Waals surface area contributed by atoms with Crippen LogP contribution in [0.2, 0.25) is 0 Å². The summed E-state index contributed by atoms with van der Waals surface area (Å²) in [4.78, 5) is 14.4. The van der Waals surface area contributed by atoms with E-state index in [1.807, 2.05) is 0 Å². The van der Waals surface area contributed by atoms with E-state index in [2.05, 4.69) is 20.5 Å². The topological polar surface area (TPSA) is 116 Å². The number of rotatable bonds is 4. The molecule has 1 atom stereocenters. The van der Waals surface area contributed by atoms with Gasteiger partial charge in [-0.2, -0.15) is 26.3 Å². The summed E-state index contributed by atoms with van der Waals surface area (Å²) in [6.45, 7) is 2.61. The number of allylic oxidation sites excluding steroid dienone is 1. The van der Waals surface area contributed by atoms with Gasteiger partial charge in [-0.3, -0.25) is 10.1 Å². The van der Waals surface area contributed by atoms with Gasteiger partial charge in [-0.15, -0.1) is 10.2 Å². The number of aromatic nitrogens is 3. The first kappa shape index (κ1) is 29.0. The van der Waals surface area contributed by atoms with Crippen LogP contribution < -0.4 is 5.32 Å². The molecule has 1 N–H and O–H groups in total. The number of nitro groups is 1. The first-order valence-electron chi connectivity index (χ1n) is 11.9. The molecule has 4 bridgehead atoms. The van der Waals surface area contributed by atoms with E-state index in [-0.39, 0.29) is 18.9 Å². The van der Waals surface area contributed by atoms with Crippen LogP contribution in [0.15, 0.2) is 53.0 Å². The maximum absolute atomic E-state index is 14.7. The van der Waals surface area contributed by atoms with Gasteiger partial charge >= 0.3 is 18.0 Å². The Kier molecular flexibility index (Phi) is 7.62. The van der Waals surface area contributed by atoms with Gasteiger partial charge in [0, 0.05) is 18.0 Å². The largest absolute Gasteiger partial charge is 0.426 e. The predicted octanol–water partition coefficient (Wildman–Crippen LogP) is 6.96. The van der Waals surface area contributed by atoms with Crippen molar-refractivity contribution in [2.45, 2.75) is 63.2 Å². The summed E-state index contributed by atoms with van der Waals surface area (Å²) in [6, 6.07) is 8.23. The van der Waals surface area contributed by atoms with E-state index in [1.54, 1.807) is 44.2 Å². The number of benzene rings is 1. The SMILES string of the molecule is CC1(C)CC/C=C\C[C@](OCc2ccccc2)(C(F)(F)F)c2nnc(o2)-c2nc(c(C(F)(F)F)cc2[N+](=O)[O-])N1. The standard InChI is InChI=1S/C25H23F6N5O4/c1-22(2)11-7-4-8-12-23(25(29,30)31,39-14-15-9-5-3-6-10-15)21-35-34-20(40-21)18-17(36(37)38)13-16(24(26,27)28)19(32-18)33-22/h3-6,8-10,13H,7,11-12,14H2,1-2H3,(H,32,33)/b8-4-/t23-/m1/s1. The Morgan fingerprint density at radius 3 is 2.42 bits per heavy atom. The summed E-state index contributed by atoms with van der Waals surface area (Å²) < 4.78 is 96.5. The molecule has 2 aromatic heterocycles. The Balaban J connectivity index is 1.94. The van der Waals surface area contributed by atoms with E-state index < -0.39 is 76.0 Å². The van der Waals surface area contributed by atoms with Crippen molar-refractivity contribution in [3.8, 4) is 11.6 Å². The molecule has 0 aliphatic carbocycles. The molecule has 4 rings (SSSR count). The number of fused-ring (bicyclic) bond motifs is 5. The number of pyridine rings is 1. The van der Waals surface area contributed by atoms with Crippen molar-refractivity contribution in [2.24, 2.45) is 0 Å². The zero-order chi connectivity index (χ0) is 29.3. The number of anilines is 1. The van der Waals surface area contributed by atoms with E-state index in [0.29, 0.717) is 5.56 Å². The lowest BCUT2D eigenvalue weighted by molar-refractivity contribution is -0.384. The van der Waals surface area contributed by atoms with Gasteiger partial charge in [0.2, 0.25) is 11.3 Å². The van der Waals surface area contributed by atoms with Crippen LogP contribution in [0.1, 0.15) is 50.1 Å². The molecule has 40 heavy (non-hydrogen) atoms. The Morgan fingerprint density at radius 2 is 1.80 bits per heavy atom. The molecule has 15 heteroatoms. The summed E-state index contributed by atoms with van der Waals surface area (Å²) in [5.41, 5.74) is -7.27. The lowest BCUT2D eigenvalue weighted by atomic mass is 9.95. The lowest BCUT2D eigenvalue weighted by Gasteiger charge is -2.32. The Hall–Kier alpha value is -4.01. The Morgan fingerprint density at radius 1 is 1.10 bits per heavy atom. The molecule has 1 aliphatic heterocycles. The molecule has 1 aromatic carbocycles. The molecular formula is C25H23F6N5O4.